The molecular weight excluding hydrogens is 276 g/mol. The van der Waals surface area contributed by atoms with Crippen molar-refractivity contribution in [3.8, 4) is 0 Å². The smallest absolute Gasteiger partial charge is 0.221 e. The van der Waals surface area contributed by atoms with E-state index in [1.54, 1.807) is 0 Å². The molecule has 2 aromatic rings. The molecule has 2 rings (SSSR count). The van der Waals surface area contributed by atoms with E-state index in [1.165, 1.54) is 13.8 Å². The summed E-state index contributed by atoms with van der Waals surface area (Å²) in [6, 6.07) is 15.1. The minimum Gasteiger partial charge on any atom is -0.326 e. The monoisotopic (exact) mass is 294 g/mol. The molecule has 0 saturated carbocycles. The molecule has 22 heavy (non-hydrogen) atoms. The molecule has 4 nitrogen and oxygen atoms in total. The maximum atomic E-state index is 11.2. The summed E-state index contributed by atoms with van der Waals surface area (Å²) in [7, 11) is 0. The normalized spacial score (nSPS) is 10.5. The van der Waals surface area contributed by atoms with E-state index < -0.39 is 0 Å². The molecular formula is C18H18N2O2. The number of hydrogen-bond acceptors (Lipinski definition) is 2. The first kappa shape index (κ1) is 15.5. The van der Waals surface area contributed by atoms with Crippen molar-refractivity contribution in [3.63, 3.8) is 0 Å². The third-order valence-electron chi connectivity index (χ3n) is 2.96. The van der Waals surface area contributed by atoms with E-state index in [-0.39, 0.29) is 11.8 Å². The Morgan fingerprint density at radius 2 is 1.45 bits per heavy atom. The van der Waals surface area contributed by atoms with Crippen molar-refractivity contribution in [2.75, 3.05) is 10.6 Å². The van der Waals surface area contributed by atoms with Gasteiger partial charge in [0.05, 0.1) is 0 Å². The fraction of sp³-hybridized carbons (Fsp3) is 0.111. The Morgan fingerprint density at radius 1 is 0.818 bits per heavy atom. The van der Waals surface area contributed by atoms with Crippen LogP contribution in [0.1, 0.15) is 25.0 Å². The highest BCUT2D eigenvalue weighted by molar-refractivity contribution is 5.92. The third kappa shape index (κ3) is 4.59. The number of benzene rings is 2. The summed E-state index contributed by atoms with van der Waals surface area (Å²) in [5.74, 6) is -0.187. The second-order valence-corrected chi connectivity index (χ2v) is 4.90. The molecule has 4 heteroatoms. The second-order valence-electron chi connectivity index (χ2n) is 4.90. The lowest BCUT2D eigenvalue weighted by atomic mass is 10.1. The number of anilines is 2. The van der Waals surface area contributed by atoms with Crippen LogP contribution < -0.4 is 10.6 Å². The zero-order chi connectivity index (χ0) is 15.9. The first-order valence-corrected chi connectivity index (χ1v) is 6.97. The Kier molecular flexibility index (Phi) is 5.09. The summed E-state index contributed by atoms with van der Waals surface area (Å²) < 4.78 is 0. The van der Waals surface area contributed by atoms with Crippen molar-refractivity contribution in [2.45, 2.75) is 13.8 Å². The van der Waals surface area contributed by atoms with Crippen molar-refractivity contribution in [3.05, 3.63) is 59.7 Å². The van der Waals surface area contributed by atoms with Crippen LogP contribution in [0, 0.1) is 0 Å². The van der Waals surface area contributed by atoms with Crippen LogP contribution >= 0.6 is 0 Å². The number of nitrogens with one attached hydrogen (secondary N) is 2. The molecule has 0 fully saturated rings. The van der Waals surface area contributed by atoms with E-state index in [2.05, 4.69) is 10.6 Å². The van der Waals surface area contributed by atoms with E-state index in [4.69, 9.17) is 0 Å². The standard InChI is InChI=1S/C18H18N2O2/c1-13(21)19-17-11-8-15(9-12-17)7-10-16-5-3-4-6-18(16)20-14(2)22/h3-12H,1-2H3,(H,19,21)(H,20,22). The van der Waals surface area contributed by atoms with E-state index in [0.29, 0.717) is 0 Å². The Labute approximate surface area is 129 Å². The summed E-state index contributed by atoms with van der Waals surface area (Å²) in [6.45, 7) is 2.97. The summed E-state index contributed by atoms with van der Waals surface area (Å²) in [5, 5.41) is 5.53. The molecule has 0 aromatic heterocycles. The van der Waals surface area contributed by atoms with Gasteiger partial charge in [0, 0.05) is 25.2 Å². The van der Waals surface area contributed by atoms with Gasteiger partial charge in [-0.05, 0) is 29.3 Å². The average molecular weight is 294 g/mol. The van der Waals surface area contributed by atoms with Crippen LogP contribution in [0.5, 0.6) is 0 Å². The minimum atomic E-state index is -0.0967. The molecule has 0 spiro atoms. The molecule has 0 unspecified atom stereocenters. The minimum absolute atomic E-state index is 0.0903. The molecule has 112 valence electrons. The van der Waals surface area contributed by atoms with E-state index in [0.717, 1.165) is 22.5 Å². The van der Waals surface area contributed by atoms with Crippen LogP contribution in [-0.2, 0) is 9.59 Å². The van der Waals surface area contributed by atoms with Gasteiger partial charge in [-0.3, -0.25) is 9.59 Å². The summed E-state index contributed by atoms with van der Waals surface area (Å²) in [5.41, 5.74) is 3.49. The van der Waals surface area contributed by atoms with Crippen LogP contribution in [0.4, 0.5) is 11.4 Å². The second kappa shape index (κ2) is 7.22. The highest BCUT2D eigenvalue weighted by Gasteiger charge is 2.00. The van der Waals surface area contributed by atoms with Crippen molar-refractivity contribution in [1.82, 2.24) is 0 Å². The van der Waals surface area contributed by atoms with Crippen LogP contribution in [0.15, 0.2) is 48.5 Å². The van der Waals surface area contributed by atoms with Gasteiger partial charge in [-0.15, -0.1) is 0 Å². The van der Waals surface area contributed by atoms with E-state index >= 15 is 0 Å². The number of carbonyl (C=O) groups is 2. The lowest BCUT2D eigenvalue weighted by Crippen LogP contribution is -2.06. The number of hydrogen-bond donors (Lipinski definition) is 2. The summed E-state index contributed by atoms with van der Waals surface area (Å²) in [4.78, 5) is 22.2. The van der Waals surface area contributed by atoms with Crippen molar-refractivity contribution in [2.24, 2.45) is 0 Å². The van der Waals surface area contributed by atoms with Crippen molar-refractivity contribution >= 4 is 35.3 Å². The molecule has 0 saturated heterocycles. The molecule has 0 radical (unpaired) electrons. The van der Waals surface area contributed by atoms with Gasteiger partial charge >= 0.3 is 0 Å². The predicted molar refractivity (Wildman–Crippen MR) is 90.4 cm³/mol. The molecule has 0 bridgehead atoms. The van der Waals surface area contributed by atoms with Gasteiger partial charge in [0.1, 0.15) is 0 Å². The number of amides is 2. The fourth-order valence-corrected chi connectivity index (χ4v) is 2.01. The fourth-order valence-electron chi connectivity index (χ4n) is 2.01. The predicted octanol–water partition coefficient (Wildman–Crippen LogP) is 3.77. The molecule has 2 amide bonds. The van der Waals surface area contributed by atoms with Crippen molar-refractivity contribution < 1.29 is 9.59 Å². The molecule has 0 heterocycles. The Bertz CT molecular complexity index is 703. The van der Waals surface area contributed by atoms with E-state index in [1.807, 2.05) is 60.7 Å². The molecule has 0 aliphatic rings. The van der Waals surface area contributed by atoms with E-state index in [9.17, 15) is 9.59 Å². The highest BCUT2D eigenvalue weighted by Crippen LogP contribution is 2.19. The Morgan fingerprint density at radius 3 is 2.09 bits per heavy atom. The Balaban J connectivity index is 2.15. The number of rotatable bonds is 4. The van der Waals surface area contributed by atoms with Gasteiger partial charge in [-0.1, -0.05) is 42.5 Å². The lowest BCUT2D eigenvalue weighted by molar-refractivity contribution is -0.115. The molecule has 2 N–H and O–H groups in total. The van der Waals surface area contributed by atoms with Crippen molar-refractivity contribution in [1.29, 1.82) is 0 Å². The van der Waals surface area contributed by atoms with Gasteiger partial charge in [-0.25, -0.2) is 0 Å². The summed E-state index contributed by atoms with van der Waals surface area (Å²) in [6.07, 6.45) is 3.90. The first-order chi connectivity index (χ1) is 10.5. The largest absolute Gasteiger partial charge is 0.326 e. The van der Waals surface area contributed by atoms with Gasteiger partial charge in [-0.2, -0.15) is 0 Å². The van der Waals surface area contributed by atoms with Crippen LogP contribution in [0.3, 0.4) is 0 Å². The molecule has 0 atom stereocenters. The van der Waals surface area contributed by atoms with Crippen LogP contribution in [0.25, 0.3) is 12.2 Å². The van der Waals surface area contributed by atoms with Crippen LogP contribution in [0.2, 0.25) is 0 Å². The lowest BCUT2D eigenvalue weighted by Gasteiger charge is -2.06. The topological polar surface area (TPSA) is 58.2 Å². The SMILES string of the molecule is CC(=O)Nc1ccc(C=Cc2ccccc2NC(C)=O)cc1. The van der Waals surface area contributed by atoms with Crippen LogP contribution in [-0.4, -0.2) is 11.8 Å². The summed E-state index contributed by atoms with van der Waals surface area (Å²) >= 11 is 0. The number of carbonyl (C=O) groups excluding carboxylic acids is 2. The molecule has 0 aliphatic carbocycles. The van der Waals surface area contributed by atoms with Gasteiger partial charge < -0.3 is 10.6 Å². The molecule has 2 aromatic carbocycles. The number of para-hydroxylation sites is 1. The first-order valence-electron chi connectivity index (χ1n) is 6.97. The third-order valence-corrected chi connectivity index (χ3v) is 2.96. The van der Waals surface area contributed by atoms with Gasteiger partial charge in [0.2, 0.25) is 11.8 Å². The maximum absolute atomic E-state index is 11.2. The maximum Gasteiger partial charge on any atom is 0.221 e. The zero-order valence-electron chi connectivity index (χ0n) is 12.6. The van der Waals surface area contributed by atoms with Gasteiger partial charge in [0.15, 0.2) is 0 Å². The average Bonchev–Trinajstić information content (AvgIpc) is 2.47. The quantitative estimate of drug-likeness (QED) is 0.843. The Hall–Kier alpha value is -2.88. The zero-order valence-corrected chi connectivity index (χ0v) is 12.6. The molecule has 0 aliphatic heterocycles. The van der Waals surface area contributed by atoms with Gasteiger partial charge in [0.25, 0.3) is 0 Å². The highest BCUT2D eigenvalue weighted by atomic mass is 16.2.